The molecular formula is C8H15N3O3. The molecule has 1 aliphatic carbocycles. The van der Waals surface area contributed by atoms with E-state index in [-0.39, 0.29) is 13.0 Å². The Morgan fingerprint density at radius 1 is 1.50 bits per heavy atom. The molecule has 1 fully saturated rings. The predicted molar refractivity (Wildman–Crippen MR) is 49.0 cm³/mol. The summed E-state index contributed by atoms with van der Waals surface area (Å²) < 4.78 is 0. The van der Waals surface area contributed by atoms with Gasteiger partial charge in [0.2, 0.25) is 11.8 Å². The van der Waals surface area contributed by atoms with Gasteiger partial charge >= 0.3 is 0 Å². The molecule has 80 valence electrons. The van der Waals surface area contributed by atoms with Crippen molar-refractivity contribution in [2.45, 2.75) is 30.8 Å². The molecule has 6 N–H and O–H groups in total. The summed E-state index contributed by atoms with van der Waals surface area (Å²) in [5, 5.41) is 11.5. The van der Waals surface area contributed by atoms with Crippen LogP contribution in [0.5, 0.6) is 0 Å². The lowest BCUT2D eigenvalue weighted by Crippen LogP contribution is -2.49. The standard InChI is InChI=1S/C8H15N3O3/c9-5(3-6(10)13)7(14)11-8(4-12)1-2-8/h5,12H,1-4,9H2,(H2,10,13)(H,11,14). The van der Waals surface area contributed by atoms with Crippen LogP contribution in [0.1, 0.15) is 19.3 Å². The maximum Gasteiger partial charge on any atom is 0.237 e. The van der Waals surface area contributed by atoms with E-state index in [9.17, 15) is 9.59 Å². The van der Waals surface area contributed by atoms with Gasteiger partial charge in [0.15, 0.2) is 0 Å². The summed E-state index contributed by atoms with van der Waals surface area (Å²) in [5.41, 5.74) is 9.81. The molecule has 0 aromatic heterocycles. The summed E-state index contributed by atoms with van der Waals surface area (Å²) in [6.07, 6.45) is 1.32. The van der Waals surface area contributed by atoms with Crippen LogP contribution >= 0.6 is 0 Å². The number of hydrogen-bond donors (Lipinski definition) is 4. The summed E-state index contributed by atoms with van der Waals surface area (Å²) in [5.74, 6) is -1.04. The molecular weight excluding hydrogens is 186 g/mol. The van der Waals surface area contributed by atoms with Gasteiger partial charge in [-0.3, -0.25) is 9.59 Å². The van der Waals surface area contributed by atoms with Crippen molar-refractivity contribution in [3.05, 3.63) is 0 Å². The van der Waals surface area contributed by atoms with Crippen LogP contribution in [0.2, 0.25) is 0 Å². The fourth-order valence-corrected chi connectivity index (χ4v) is 1.14. The topological polar surface area (TPSA) is 118 Å². The van der Waals surface area contributed by atoms with E-state index < -0.39 is 23.4 Å². The number of carbonyl (C=O) groups is 2. The molecule has 1 aliphatic rings. The van der Waals surface area contributed by atoms with Gasteiger partial charge in [-0.2, -0.15) is 0 Å². The molecule has 0 aliphatic heterocycles. The average molecular weight is 201 g/mol. The zero-order valence-corrected chi connectivity index (χ0v) is 7.82. The Morgan fingerprint density at radius 3 is 2.43 bits per heavy atom. The SMILES string of the molecule is NC(=O)CC(N)C(=O)NC1(CO)CC1. The minimum absolute atomic E-state index is 0.0952. The van der Waals surface area contributed by atoms with E-state index >= 15 is 0 Å². The highest BCUT2D eigenvalue weighted by atomic mass is 16.3. The van der Waals surface area contributed by atoms with Gasteiger partial charge < -0.3 is 21.9 Å². The van der Waals surface area contributed by atoms with Gasteiger partial charge in [0, 0.05) is 0 Å². The molecule has 0 aromatic rings. The van der Waals surface area contributed by atoms with Gasteiger partial charge in [-0.25, -0.2) is 0 Å². The molecule has 1 saturated carbocycles. The van der Waals surface area contributed by atoms with Gasteiger partial charge in [0.1, 0.15) is 0 Å². The highest BCUT2D eigenvalue weighted by Gasteiger charge is 2.44. The fourth-order valence-electron chi connectivity index (χ4n) is 1.14. The van der Waals surface area contributed by atoms with Crippen LogP contribution in [0.25, 0.3) is 0 Å². The van der Waals surface area contributed by atoms with Gasteiger partial charge in [-0.05, 0) is 12.8 Å². The van der Waals surface area contributed by atoms with Gasteiger partial charge in [-0.1, -0.05) is 0 Å². The highest BCUT2D eigenvalue weighted by molar-refractivity contribution is 5.88. The first-order valence-electron chi connectivity index (χ1n) is 4.46. The Balaban J connectivity index is 2.38. The van der Waals surface area contributed by atoms with E-state index in [2.05, 4.69) is 5.32 Å². The first kappa shape index (κ1) is 10.9. The second kappa shape index (κ2) is 3.93. The zero-order chi connectivity index (χ0) is 10.8. The van der Waals surface area contributed by atoms with Crippen molar-refractivity contribution in [1.82, 2.24) is 5.32 Å². The van der Waals surface area contributed by atoms with Gasteiger partial charge in [-0.15, -0.1) is 0 Å². The van der Waals surface area contributed by atoms with E-state index in [4.69, 9.17) is 16.6 Å². The third-order valence-electron chi connectivity index (χ3n) is 2.30. The van der Waals surface area contributed by atoms with Gasteiger partial charge in [0.25, 0.3) is 0 Å². The minimum atomic E-state index is -0.920. The molecule has 2 amide bonds. The molecule has 1 atom stereocenters. The average Bonchev–Trinajstić information content (AvgIpc) is 2.84. The molecule has 0 heterocycles. The van der Waals surface area contributed by atoms with Gasteiger partial charge in [0.05, 0.1) is 24.6 Å². The number of carbonyl (C=O) groups excluding carboxylic acids is 2. The Labute approximate surface area is 81.6 Å². The van der Waals surface area contributed by atoms with E-state index in [1.807, 2.05) is 0 Å². The molecule has 14 heavy (non-hydrogen) atoms. The van der Waals surface area contributed by atoms with E-state index in [1.54, 1.807) is 0 Å². The van der Waals surface area contributed by atoms with Crippen molar-refractivity contribution < 1.29 is 14.7 Å². The lowest BCUT2D eigenvalue weighted by molar-refractivity contribution is -0.127. The van der Waals surface area contributed by atoms with Crippen molar-refractivity contribution in [3.63, 3.8) is 0 Å². The molecule has 0 saturated heterocycles. The van der Waals surface area contributed by atoms with Crippen LogP contribution in [0.4, 0.5) is 0 Å². The third kappa shape index (κ3) is 2.68. The Hall–Kier alpha value is -1.14. The zero-order valence-electron chi connectivity index (χ0n) is 7.82. The van der Waals surface area contributed by atoms with Crippen LogP contribution in [0.3, 0.4) is 0 Å². The fraction of sp³-hybridized carbons (Fsp3) is 0.750. The summed E-state index contributed by atoms with van der Waals surface area (Å²) in [7, 11) is 0. The molecule has 0 radical (unpaired) electrons. The maximum atomic E-state index is 11.3. The van der Waals surface area contributed by atoms with Crippen molar-refractivity contribution >= 4 is 11.8 Å². The largest absolute Gasteiger partial charge is 0.394 e. The minimum Gasteiger partial charge on any atom is -0.394 e. The molecule has 0 bridgehead atoms. The Bertz CT molecular complexity index is 250. The quantitative estimate of drug-likeness (QED) is 0.404. The van der Waals surface area contributed by atoms with Crippen LogP contribution in [0, 0.1) is 0 Å². The lowest BCUT2D eigenvalue weighted by atomic mass is 10.2. The smallest absolute Gasteiger partial charge is 0.237 e. The number of nitrogens with one attached hydrogen (secondary N) is 1. The Morgan fingerprint density at radius 2 is 2.07 bits per heavy atom. The van der Waals surface area contributed by atoms with E-state index in [0.29, 0.717) is 0 Å². The summed E-state index contributed by atoms with van der Waals surface area (Å²) >= 11 is 0. The van der Waals surface area contributed by atoms with E-state index in [1.165, 1.54) is 0 Å². The number of amides is 2. The molecule has 1 rings (SSSR count). The van der Waals surface area contributed by atoms with Crippen LogP contribution in [-0.4, -0.2) is 35.1 Å². The van der Waals surface area contributed by atoms with Crippen LogP contribution in [0.15, 0.2) is 0 Å². The highest BCUT2D eigenvalue weighted by Crippen LogP contribution is 2.34. The number of primary amides is 1. The normalized spacial score (nSPS) is 19.9. The first-order chi connectivity index (χ1) is 6.49. The number of nitrogens with two attached hydrogens (primary N) is 2. The number of aliphatic hydroxyl groups is 1. The third-order valence-corrected chi connectivity index (χ3v) is 2.30. The second-order valence-corrected chi connectivity index (χ2v) is 3.70. The first-order valence-corrected chi connectivity index (χ1v) is 4.46. The van der Waals surface area contributed by atoms with E-state index in [0.717, 1.165) is 12.8 Å². The lowest BCUT2D eigenvalue weighted by Gasteiger charge is -2.17. The molecule has 1 unspecified atom stereocenters. The second-order valence-electron chi connectivity index (χ2n) is 3.70. The number of aliphatic hydroxyl groups excluding tert-OH is 1. The monoisotopic (exact) mass is 201 g/mol. The predicted octanol–water partition coefficient (Wildman–Crippen LogP) is -2.17. The number of rotatable bonds is 5. The Kier molecular flexibility index (Phi) is 3.07. The van der Waals surface area contributed by atoms with Crippen LogP contribution in [-0.2, 0) is 9.59 Å². The summed E-state index contributed by atoms with van der Waals surface area (Å²) in [6.45, 7) is -0.0952. The number of hydrogen-bond acceptors (Lipinski definition) is 4. The summed E-state index contributed by atoms with van der Waals surface area (Å²) in [6, 6.07) is -0.920. The van der Waals surface area contributed by atoms with Crippen molar-refractivity contribution in [3.8, 4) is 0 Å². The maximum absolute atomic E-state index is 11.3. The molecule has 6 heteroatoms. The summed E-state index contributed by atoms with van der Waals surface area (Å²) in [4.78, 5) is 21.8. The van der Waals surface area contributed by atoms with Crippen LogP contribution < -0.4 is 16.8 Å². The van der Waals surface area contributed by atoms with Crippen molar-refractivity contribution in [2.24, 2.45) is 11.5 Å². The van der Waals surface area contributed by atoms with Crippen molar-refractivity contribution in [2.75, 3.05) is 6.61 Å². The van der Waals surface area contributed by atoms with Crippen molar-refractivity contribution in [1.29, 1.82) is 0 Å². The molecule has 6 nitrogen and oxygen atoms in total. The molecule has 0 aromatic carbocycles. The molecule has 0 spiro atoms.